The van der Waals surface area contributed by atoms with Gasteiger partial charge >= 0.3 is 0 Å². The fourth-order valence-electron chi connectivity index (χ4n) is 6.27. The van der Waals surface area contributed by atoms with E-state index in [2.05, 4.69) is 20.4 Å². The van der Waals surface area contributed by atoms with Gasteiger partial charge in [0.15, 0.2) is 0 Å². The highest BCUT2D eigenvalue weighted by atomic mass is 19.3. The van der Waals surface area contributed by atoms with Crippen molar-refractivity contribution in [1.29, 1.82) is 0 Å². The van der Waals surface area contributed by atoms with Gasteiger partial charge in [-0.05, 0) is 52.6 Å². The molecule has 1 fully saturated rings. The summed E-state index contributed by atoms with van der Waals surface area (Å²) in [4.78, 5) is 31.4. The monoisotopic (exact) mass is 658 g/mol. The molecule has 0 radical (unpaired) electrons. The summed E-state index contributed by atoms with van der Waals surface area (Å²) in [5.74, 6) is -3.18. The third kappa shape index (κ3) is 8.04. The maximum atomic E-state index is 14.2. The van der Waals surface area contributed by atoms with Crippen LogP contribution in [0.3, 0.4) is 0 Å². The van der Waals surface area contributed by atoms with E-state index in [1.807, 2.05) is 97.1 Å². The van der Waals surface area contributed by atoms with Crippen LogP contribution in [0, 0.1) is 0 Å². The SMILES string of the molecule is CCC(F)(F)c1ccc(-c2ccccc2C(=O)Nc2ccc(N3CCN(C(C(=O)NCc4ccccc4)c4ccccc4)CC3)cc2)cc1. The van der Waals surface area contributed by atoms with Crippen molar-refractivity contribution < 1.29 is 18.4 Å². The van der Waals surface area contributed by atoms with Crippen molar-refractivity contribution in [2.75, 3.05) is 36.4 Å². The van der Waals surface area contributed by atoms with Gasteiger partial charge in [-0.1, -0.05) is 110 Å². The molecule has 0 bridgehead atoms. The van der Waals surface area contributed by atoms with Gasteiger partial charge in [-0.15, -0.1) is 0 Å². The van der Waals surface area contributed by atoms with Gasteiger partial charge in [-0.2, -0.15) is 0 Å². The fourth-order valence-corrected chi connectivity index (χ4v) is 6.27. The van der Waals surface area contributed by atoms with E-state index in [-0.39, 0.29) is 29.8 Å². The Morgan fingerprint density at radius 1 is 0.735 bits per heavy atom. The van der Waals surface area contributed by atoms with Gasteiger partial charge in [-0.3, -0.25) is 14.5 Å². The molecule has 1 atom stereocenters. The van der Waals surface area contributed by atoms with Gasteiger partial charge in [0.25, 0.3) is 11.8 Å². The van der Waals surface area contributed by atoms with E-state index in [0.29, 0.717) is 42.0 Å². The summed E-state index contributed by atoms with van der Waals surface area (Å²) in [6.45, 7) is 4.85. The number of nitrogens with zero attached hydrogens (tertiary/aromatic N) is 2. The van der Waals surface area contributed by atoms with Crippen molar-refractivity contribution in [3.8, 4) is 11.1 Å². The van der Waals surface area contributed by atoms with E-state index in [1.165, 1.54) is 19.1 Å². The van der Waals surface area contributed by atoms with Crippen LogP contribution in [0.5, 0.6) is 0 Å². The highest BCUT2D eigenvalue weighted by Gasteiger charge is 2.31. The molecule has 1 heterocycles. The largest absolute Gasteiger partial charge is 0.369 e. The molecule has 1 aliphatic rings. The van der Waals surface area contributed by atoms with E-state index >= 15 is 0 Å². The number of carbonyl (C=O) groups is 2. The van der Waals surface area contributed by atoms with Crippen molar-refractivity contribution >= 4 is 23.2 Å². The smallest absolute Gasteiger partial charge is 0.273 e. The van der Waals surface area contributed by atoms with Gasteiger partial charge in [0.1, 0.15) is 6.04 Å². The lowest BCUT2D eigenvalue weighted by Gasteiger charge is -2.39. The standard InChI is InChI=1S/C41H40F2N4O2/c1-2-41(42,43)33-19-17-31(18-20-33)36-15-9-10-16-37(36)39(48)45-34-21-23-35(24-22-34)46-25-27-47(28-26-46)38(32-13-7-4-8-14-32)40(49)44-29-30-11-5-3-6-12-30/h3-24,38H,2,25-29H2,1H3,(H,44,49)(H,45,48). The number of benzene rings is 5. The molecule has 0 aromatic heterocycles. The zero-order valence-corrected chi connectivity index (χ0v) is 27.5. The number of hydrogen-bond acceptors (Lipinski definition) is 4. The average Bonchev–Trinajstić information content (AvgIpc) is 3.15. The van der Waals surface area contributed by atoms with Crippen LogP contribution in [0.1, 0.15) is 46.4 Å². The first kappa shape index (κ1) is 33.6. The van der Waals surface area contributed by atoms with Crippen molar-refractivity contribution in [3.63, 3.8) is 0 Å². The Balaban J connectivity index is 1.08. The molecular weight excluding hydrogens is 618 g/mol. The Hall–Kier alpha value is -5.34. The molecule has 6 rings (SSSR count). The maximum Gasteiger partial charge on any atom is 0.273 e. The lowest BCUT2D eigenvalue weighted by atomic mass is 9.96. The molecule has 5 aromatic rings. The normalized spacial score (nSPS) is 14.2. The summed E-state index contributed by atoms with van der Waals surface area (Å²) < 4.78 is 28.3. The van der Waals surface area contributed by atoms with Crippen LogP contribution in [-0.4, -0.2) is 42.9 Å². The van der Waals surface area contributed by atoms with Crippen molar-refractivity contribution in [2.45, 2.75) is 31.9 Å². The van der Waals surface area contributed by atoms with Gasteiger partial charge in [0, 0.05) is 61.6 Å². The number of alkyl halides is 2. The molecule has 0 saturated carbocycles. The molecule has 8 heteroatoms. The molecule has 2 amide bonds. The molecule has 6 nitrogen and oxygen atoms in total. The molecule has 1 unspecified atom stereocenters. The Morgan fingerprint density at radius 3 is 2.00 bits per heavy atom. The van der Waals surface area contributed by atoms with Gasteiger partial charge < -0.3 is 15.5 Å². The predicted molar refractivity (Wildman–Crippen MR) is 192 cm³/mol. The molecule has 0 aliphatic carbocycles. The Kier molecular flexibility index (Phi) is 10.4. The minimum Gasteiger partial charge on any atom is -0.369 e. The number of rotatable bonds is 11. The summed E-state index contributed by atoms with van der Waals surface area (Å²) in [7, 11) is 0. The molecule has 1 saturated heterocycles. The van der Waals surface area contributed by atoms with E-state index in [9.17, 15) is 18.4 Å². The zero-order chi connectivity index (χ0) is 34.2. The summed E-state index contributed by atoms with van der Waals surface area (Å²) in [6, 6.07) is 40.5. The van der Waals surface area contributed by atoms with E-state index < -0.39 is 5.92 Å². The first-order valence-corrected chi connectivity index (χ1v) is 16.7. The number of piperazine rings is 1. The maximum absolute atomic E-state index is 14.2. The lowest BCUT2D eigenvalue weighted by molar-refractivity contribution is -0.127. The average molecular weight is 659 g/mol. The quantitative estimate of drug-likeness (QED) is 0.150. The Labute approximate surface area is 286 Å². The first-order valence-electron chi connectivity index (χ1n) is 16.7. The van der Waals surface area contributed by atoms with Crippen molar-refractivity contribution in [1.82, 2.24) is 10.2 Å². The minimum absolute atomic E-state index is 0.0137. The Bertz CT molecular complexity index is 1840. The fraction of sp³-hybridized carbons (Fsp3) is 0.220. The van der Waals surface area contributed by atoms with E-state index in [0.717, 1.165) is 29.9 Å². The molecule has 1 aliphatic heterocycles. The van der Waals surface area contributed by atoms with Crippen molar-refractivity contribution in [2.24, 2.45) is 0 Å². The van der Waals surface area contributed by atoms with Crippen LogP contribution < -0.4 is 15.5 Å². The number of hydrogen-bond donors (Lipinski definition) is 2. The zero-order valence-electron chi connectivity index (χ0n) is 27.5. The number of anilines is 2. The second-order valence-electron chi connectivity index (χ2n) is 12.2. The van der Waals surface area contributed by atoms with Crippen LogP contribution in [0.4, 0.5) is 20.2 Å². The minimum atomic E-state index is -2.89. The van der Waals surface area contributed by atoms with Gasteiger partial charge in [0.05, 0.1) is 0 Å². The predicted octanol–water partition coefficient (Wildman–Crippen LogP) is 8.29. The number of halogens is 2. The second-order valence-corrected chi connectivity index (χ2v) is 12.2. The van der Waals surface area contributed by atoms with Crippen LogP contribution in [0.25, 0.3) is 11.1 Å². The number of nitrogens with one attached hydrogen (secondary N) is 2. The van der Waals surface area contributed by atoms with Crippen molar-refractivity contribution in [3.05, 3.63) is 156 Å². The Morgan fingerprint density at radius 2 is 1.35 bits per heavy atom. The molecule has 49 heavy (non-hydrogen) atoms. The van der Waals surface area contributed by atoms with E-state index in [4.69, 9.17) is 0 Å². The van der Waals surface area contributed by atoms with Crippen LogP contribution in [0.2, 0.25) is 0 Å². The third-order valence-electron chi connectivity index (χ3n) is 9.08. The summed E-state index contributed by atoms with van der Waals surface area (Å²) in [6.07, 6.45) is -0.274. The molecule has 0 spiro atoms. The summed E-state index contributed by atoms with van der Waals surface area (Å²) >= 11 is 0. The van der Waals surface area contributed by atoms with Crippen LogP contribution in [0.15, 0.2) is 133 Å². The first-order chi connectivity index (χ1) is 23.8. The highest BCUT2D eigenvalue weighted by Crippen LogP contribution is 2.34. The number of carbonyl (C=O) groups excluding carboxylic acids is 2. The topological polar surface area (TPSA) is 64.7 Å². The highest BCUT2D eigenvalue weighted by molar-refractivity contribution is 6.08. The summed E-state index contributed by atoms with van der Waals surface area (Å²) in [5, 5.41) is 6.13. The lowest BCUT2D eigenvalue weighted by Crippen LogP contribution is -2.51. The number of amides is 2. The van der Waals surface area contributed by atoms with E-state index in [1.54, 1.807) is 24.3 Å². The van der Waals surface area contributed by atoms with Gasteiger partial charge in [-0.25, -0.2) is 8.78 Å². The van der Waals surface area contributed by atoms with Crippen LogP contribution >= 0.6 is 0 Å². The molecule has 2 N–H and O–H groups in total. The molecule has 5 aromatic carbocycles. The third-order valence-corrected chi connectivity index (χ3v) is 9.08. The van der Waals surface area contributed by atoms with Gasteiger partial charge in [0.2, 0.25) is 5.91 Å². The summed E-state index contributed by atoms with van der Waals surface area (Å²) in [5.41, 5.74) is 5.50. The van der Waals surface area contributed by atoms with Crippen LogP contribution in [-0.2, 0) is 17.3 Å². The molecule has 250 valence electrons. The molecular formula is C41H40F2N4O2. The second kappa shape index (κ2) is 15.3.